The van der Waals surface area contributed by atoms with E-state index in [1.807, 2.05) is 14.1 Å². The number of carbonyl (C=O) groups excluding carboxylic acids is 2. The summed E-state index contributed by atoms with van der Waals surface area (Å²) >= 11 is 0. The summed E-state index contributed by atoms with van der Waals surface area (Å²) in [6.45, 7) is 3.29. The lowest BCUT2D eigenvalue weighted by Crippen LogP contribution is -2.46. The van der Waals surface area contributed by atoms with Crippen molar-refractivity contribution in [2.45, 2.75) is 69.1 Å². The fourth-order valence-corrected chi connectivity index (χ4v) is 6.16. The number of likely N-dealkylation sites (tertiary alicyclic amines) is 1. The third-order valence-corrected chi connectivity index (χ3v) is 7.91. The van der Waals surface area contributed by atoms with Crippen LogP contribution in [0.2, 0.25) is 0 Å². The van der Waals surface area contributed by atoms with E-state index in [2.05, 4.69) is 39.4 Å². The number of amides is 2. The molecular weight excluding hydrogens is 386 g/mol. The average Bonchev–Trinajstić information content (AvgIpc) is 3.07. The van der Waals surface area contributed by atoms with Crippen LogP contribution in [0.3, 0.4) is 0 Å². The van der Waals surface area contributed by atoms with Crippen LogP contribution in [0.5, 0.6) is 0 Å². The molecule has 1 heterocycles. The predicted octanol–water partition coefficient (Wildman–Crippen LogP) is 3.68. The van der Waals surface area contributed by atoms with E-state index in [1.54, 1.807) is 0 Å². The van der Waals surface area contributed by atoms with E-state index in [9.17, 15) is 9.59 Å². The number of hydrogen-bond acceptors (Lipinski definition) is 3. The van der Waals surface area contributed by atoms with Crippen molar-refractivity contribution in [1.29, 1.82) is 0 Å². The van der Waals surface area contributed by atoms with Gasteiger partial charge in [0.1, 0.15) is 0 Å². The van der Waals surface area contributed by atoms with Crippen molar-refractivity contribution in [3.63, 3.8) is 0 Å². The zero-order chi connectivity index (χ0) is 21.8. The lowest BCUT2D eigenvalue weighted by molar-refractivity contribution is -0.138. The fourth-order valence-electron chi connectivity index (χ4n) is 6.16. The van der Waals surface area contributed by atoms with Gasteiger partial charge in [0, 0.05) is 38.5 Å². The average molecular weight is 426 g/mol. The van der Waals surface area contributed by atoms with Gasteiger partial charge in [0.2, 0.25) is 11.8 Å². The van der Waals surface area contributed by atoms with Crippen LogP contribution in [0.15, 0.2) is 24.3 Å². The molecule has 1 saturated heterocycles. The Morgan fingerprint density at radius 1 is 1.10 bits per heavy atom. The maximum absolute atomic E-state index is 13.0. The number of benzene rings is 1. The van der Waals surface area contributed by atoms with Crippen molar-refractivity contribution in [2.24, 2.45) is 5.92 Å². The van der Waals surface area contributed by atoms with Gasteiger partial charge in [-0.15, -0.1) is 0 Å². The minimum atomic E-state index is 0.133. The van der Waals surface area contributed by atoms with Gasteiger partial charge in [0.25, 0.3) is 0 Å². The summed E-state index contributed by atoms with van der Waals surface area (Å²) in [7, 11) is 4.04. The number of carbonyl (C=O) groups is 2. The van der Waals surface area contributed by atoms with Gasteiger partial charge in [0.05, 0.1) is 0 Å². The molecule has 1 aliphatic heterocycles. The highest BCUT2D eigenvalue weighted by atomic mass is 16.2. The number of hydrogen-bond donors (Lipinski definition) is 1. The highest BCUT2D eigenvalue weighted by Crippen LogP contribution is 2.52. The monoisotopic (exact) mass is 425 g/mol. The molecule has 1 aromatic rings. The van der Waals surface area contributed by atoms with E-state index >= 15 is 0 Å². The first-order valence-corrected chi connectivity index (χ1v) is 12.3. The van der Waals surface area contributed by atoms with Gasteiger partial charge >= 0.3 is 0 Å². The molecule has 5 heteroatoms. The first-order valence-electron chi connectivity index (χ1n) is 12.3. The lowest BCUT2D eigenvalue weighted by Gasteiger charge is -2.42. The Bertz CT molecular complexity index is 777. The van der Waals surface area contributed by atoms with Crippen molar-refractivity contribution in [2.75, 3.05) is 40.3 Å². The van der Waals surface area contributed by atoms with Crippen molar-refractivity contribution < 1.29 is 9.59 Å². The van der Waals surface area contributed by atoms with Gasteiger partial charge in [-0.2, -0.15) is 0 Å². The van der Waals surface area contributed by atoms with E-state index in [0.29, 0.717) is 18.9 Å². The Hall–Kier alpha value is -1.88. The molecule has 2 amide bonds. The van der Waals surface area contributed by atoms with Crippen LogP contribution < -0.4 is 5.32 Å². The van der Waals surface area contributed by atoms with Crippen LogP contribution >= 0.6 is 0 Å². The predicted molar refractivity (Wildman–Crippen MR) is 124 cm³/mol. The van der Waals surface area contributed by atoms with Crippen LogP contribution in [0.25, 0.3) is 0 Å². The van der Waals surface area contributed by atoms with Crippen LogP contribution in [0.4, 0.5) is 0 Å². The minimum absolute atomic E-state index is 0.133. The standard InChI is InChI=1S/C26H39N3O2/c1-28(2)17-14-27-24(30)18-21-19-26(23-11-7-6-10-22(21)23)12-15-29(16-13-26)25(31)20-8-4-3-5-9-20/h6-7,10-11,20-21H,3-5,8-9,12-19H2,1-2H3,(H,27,30)/t21-/m0/s1. The first kappa shape index (κ1) is 22.3. The highest BCUT2D eigenvalue weighted by Gasteiger charge is 2.46. The molecule has 1 aromatic carbocycles. The Labute approximate surface area is 187 Å². The molecule has 0 unspecified atom stereocenters. The normalized spacial score (nSPS) is 23.2. The van der Waals surface area contributed by atoms with Gasteiger partial charge in [-0.25, -0.2) is 0 Å². The molecule has 0 aromatic heterocycles. The maximum atomic E-state index is 13.0. The van der Waals surface area contributed by atoms with Crippen molar-refractivity contribution >= 4 is 11.8 Å². The van der Waals surface area contributed by atoms with Crippen molar-refractivity contribution in [1.82, 2.24) is 15.1 Å². The van der Waals surface area contributed by atoms with Crippen molar-refractivity contribution in [3.8, 4) is 0 Å². The molecule has 2 fully saturated rings. The Morgan fingerprint density at radius 2 is 1.81 bits per heavy atom. The summed E-state index contributed by atoms with van der Waals surface area (Å²) in [5.74, 6) is 1.11. The highest BCUT2D eigenvalue weighted by molar-refractivity contribution is 5.79. The summed E-state index contributed by atoms with van der Waals surface area (Å²) in [4.78, 5) is 29.9. The topological polar surface area (TPSA) is 52.7 Å². The molecule has 1 saturated carbocycles. The molecule has 0 bridgehead atoms. The molecule has 1 atom stereocenters. The van der Waals surface area contributed by atoms with Crippen molar-refractivity contribution in [3.05, 3.63) is 35.4 Å². The van der Waals surface area contributed by atoms with Crippen LogP contribution in [0, 0.1) is 5.92 Å². The lowest BCUT2D eigenvalue weighted by atomic mass is 9.73. The van der Waals surface area contributed by atoms with Gasteiger partial charge in [0.15, 0.2) is 0 Å². The number of piperidine rings is 1. The van der Waals surface area contributed by atoms with E-state index in [1.165, 1.54) is 30.4 Å². The maximum Gasteiger partial charge on any atom is 0.225 e. The molecule has 31 heavy (non-hydrogen) atoms. The second kappa shape index (κ2) is 9.72. The quantitative estimate of drug-likeness (QED) is 0.756. The zero-order valence-electron chi connectivity index (χ0n) is 19.4. The molecule has 1 spiro atoms. The largest absolute Gasteiger partial charge is 0.355 e. The molecule has 2 aliphatic carbocycles. The second-order valence-corrected chi connectivity index (χ2v) is 10.3. The number of fused-ring (bicyclic) bond motifs is 2. The van der Waals surface area contributed by atoms with Crippen LogP contribution in [0.1, 0.15) is 74.8 Å². The van der Waals surface area contributed by atoms with E-state index in [0.717, 1.165) is 51.7 Å². The summed E-state index contributed by atoms with van der Waals surface area (Å²) < 4.78 is 0. The molecular formula is C26H39N3O2. The Kier molecular flexibility index (Phi) is 7.00. The van der Waals surface area contributed by atoms with Gasteiger partial charge < -0.3 is 15.1 Å². The second-order valence-electron chi connectivity index (χ2n) is 10.3. The van der Waals surface area contributed by atoms with E-state index in [4.69, 9.17) is 0 Å². The zero-order valence-corrected chi connectivity index (χ0v) is 19.4. The third-order valence-electron chi connectivity index (χ3n) is 7.91. The smallest absolute Gasteiger partial charge is 0.225 e. The SMILES string of the molecule is CN(C)CCNC(=O)C[C@H]1CC2(CCN(C(=O)C3CCCCC3)CC2)c2ccccc21. The van der Waals surface area contributed by atoms with Gasteiger partial charge in [-0.05, 0) is 68.7 Å². The Morgan fingerprint density at radius 3 is 2.52 bits per heavy atom. The minimum Gasteiger partial charge on any atom is -0.355 e. The number of nitrogens with one attached hydrogen (secondary N) is 1. The molecule has 4 rings (SSSR count). The summed E-state index contributed by atoms with van der Waals surface area (Å²) in [5, 5.41) is 3.09. The molecule has 5 nitrogen and oxygen atoms in total. The molecule has 170 valence electrons. The molecule has 0 radical (unpaired) electrons. The summed E-state index contributed by atoms with van der Waals surface area (Å²) in [5.41, 5.74) is 2.93. The van der Waals surface area contributed by atoms with E-state index in [-0.39, 0.29) is 23.2 Å². The van der Waals surface area contributed by atoms with Crippen LogP contribution in [-0.4, -0.2) is 61.9 Å². The number of rotatable bonds is 6. The number of nitrogens with zero attached hydrogens (tertiary/aromatic N) is 2. The van der Waals surface area contributed by atoms with Gasteiger partial charge in [-0.3, -0.25) is 9.59 Å². The Balaban J connectivity index is 1.39. The molecule has 1 N–H and O–H groups in total. The number of likely N-dealkylation sites (N-methyl/N-ethyl adjacent to an activating group) is 1. The van der Waals surface area contributed by atoms with Crippen LogP contribution in [-0.2, 0) is 15.0 Å². The molecule has 3 aliphatic rings. The van der Waals surface area contributed by atoms with E-state index < -0.39 is 0 Å². The fraction of sp³-hybridized carbons (Fsp3) is 0.692. The third kappa shape index (κ3) is 4.97. The summed E-state index contributed by atoms with van der Waals surface area (Å²) in [6, 6.07) is 8.75. The van der Waals surface area contributed by atoms with Gasteiger partial charge in [-0.1, -0.05) is 43.5 Å². The first-order chi connectivity index (χ1) is 15.0. The summed E-state index contributed by atoms with van der Waals surface area (Å²) in [6.07, 6.45) is 9.52.